The van der Waals surface area contributed by atoms with E-state index in [0.29, 0.717) is 30.2 Å². The highest BCUT2D eigenvalue weighted by molar-refractivity contribution is 5.90. The molecule has 4 aromatic heterocycles. The Morgan fingerprint density at radius 3 is 2.88 bits per heavy atom. The summed E-state index contributed by atoms with van der Waals surface area (Å²) in [5, 5.41) is 8.94. The smallest absolute Gasteiger partial charge is 0.312 e. The number of fused-ring (bicyclic) bond motifs is 2. The Kier molecular flexibility index (Phi) is 4.42. The molecule has 1 aliphatic heterocycles. The number of hydrogen-bond acceptors (Lipinski definition) is 8. The summed E-state index contributed by atoms with van der Waals surface area (Å²) in [4.78, 5) is 36.3. The Bertz CT molecular complexity index is 1470. The molecule has 0 spiro atoms. The molecule has 6 rings (SSSR count). The molecule has 1 aromatic carbocycles. The minimum absolute atomic E-state index is 0.114. The van der Waals surface area contributed by atoms with E-state index in [-0.39, 0.29) is 11.8 Å². The summed E-state index contributed by atoms with van der Waals surface area (Å²) in [5.74, 6) is 0.151. The van der Waals surface area contributed by atoms with Gasteiger partial charge >= 0.3 is 11.8 Å². The Morgan fingerprint density at radius 2 is 2.00 bits per heavy atom. The van der Waals surface area contributed by atoms with Gasteiger partial charge < -0.3 is 14.3 Å². The fourth-order valence-corrected chi connectivity index (χ4v) is 4.01. The monoisotopic (exact) mass is 438 g/mol. The maximum Gasteiger partial charge on any atom is 0.312 e. The average molecular weight is 438 g/mol. The highest BCUT2D eigenvalue weighted by Gasteiger charge is 2.38. The molecule has 5 aromatic rings. The lowest BCUT2D eigenvalue weighted by atomic mass is 10.0. The van der Waals surface area contributed by atoms with Gasteiger partial charge in [0.15, 0.2) is 5.82 Å². The van der Waals surface area contributed by atoms with E-state index in [0.717, 1.165) is 22.2 Å². The van der Waals surface area contributed by atoms with Crippen LogP contribution in [0.25, 0.3) is 22.5 Å². The molecule has 1 aliphatic rings. The first-order valence-electron chi connectivity index (χ1n) is 10.5. The molecule has 33 heavy (non-hydrogen) atoms. The summed E-state index contributed by atoms with van der Waals surface area (Å²) >= 11 is 0. The van der Waals surface area contributed by atoms with E-state index in [1.807, 2.05) is 37.3 Å². The van der Waals surface area contributed by atoms with Crippen LogP contribution in [0.3, 0.4) is 0 Å². The third-order valence-electron chi connectivity index (χ3n) is 5.68. The van der Waals surface area contributed by atoms with Crippen LogP contribution >= 0.6 is 0 Å². The SMILES string of the molecule is Cc1ccc(-c2nnc(C(=O)N3CCc4[nH]cnc4[C@H]3c3ncc4ccccc4n3)o2)nc1. The number of nitrogens with one attached hydrogen (secondary N) is 1. The molecule has 10 heteroatoms. The second-order valence-electron chi connectivity index (χ2n) is 7.84. The molecule has 1 amide bonds. The number of imidazole rings is 1. The fourth-order valence-electron chi connectivity index (χ4n) is 4.01. The van der Waals surface area contributed by atoms with Gasteiger partial charge in [-0.25, -0.2) is 15.0 Å². The number of benzene rings is 1. The number of amides is 1. The van der Waals surface area contributed by atoms with Crippen LogP contribution in [0.1, 0.15) is 39.5 Å². The van der Waals surface area contributed by atoms with E-state index in [2.05, 4.69) is 30.1 Å². The van der Waals surface area contributed by atoms with Crippen LogP contribution in [0, 0.1) is 6.92 Å². The topological polar surface area (TPSA) is 127 Å². The third kappa shape index (κ3) is 3.32. The lowest BCUT2D eigenvalue weighted by Crippen LogP contribution is -2.41. The summed E-state index contributed by atoms with van der Waals surface area (Å²) in [7, 11) is 0. The average Bonchev–Trinajstić information content (AvgIpc) is 3.53. The molecule has 0 unspecified atom stereocenters. The van der Waals surface area contributed by atoms with Gasteiger partial charge in [-0.3, -0.25) is 9.78 Å². The predicted octanol–water partition coefficient (Wildman–Crippen LogP) is 2.89. The number of pyridine rings is 1. The quantitative estimate of drug-likeness (QED) is 0.456. The highest BCUT2D eigenvalue weighted by atomic mass is 16.4. The van der Waals surface area contributed by atoms with Gasteiger partial charge in [-0.2, -0.15) is 0 Å². The number of carbonyl (C=O) groups is 1. The second kappa shape index (κ2) is 7.59. The molecular weight excluding hydrogens is 420 g/mol. The number of aromatic amines is 1. The lowest BCUT2D eigenvalue weighted by Gasteiger charge is -2.32. The van der Waals surface area contributed by atoms with E-state index in [1.54, 1.807) is 29.7 Å². The number of rotatable bonds is 3. The Hall–Kier alpha value is -4.47. The standard InChI is InChI=1S/C23H18N8O2/c1-13-6-7-17(24-10-13)21-29-30-22(33-21)23(32)31-9-8-16-18(27-12-26-16)19(31)20-25-11-14-4-2-3-5-15(14)28-20/h2-7,10-12,19H,8-9H2,1H3,(H,26,27)/t19-/m0/s1. The maximum atomic E-state index is 13.5. The van der Waals surface area contributed by atoms with Crippen molar-refractivity contribution < 1.29 is 9.21 Å². The number of hydrogen-bond donors (Lipinski definition) is 1. The number of nitrogens with zero attached hydrogens (tertiary/aromatic N) is 7. The molecule has 1 N–H and O–H groups in total. The minimum atomic E-state index is -0.579. The number of H-pyrrole nitrogens is 1. The van der Waals surface area contributed by atoms with Gasteiger partial charge in [0, 0.05) is 36.4 Å². The summed E-state index contributed by atoms with van der Waals surface area (Å²) in [6.45, 7) is 2.36. The summed E-state index contributed by atoms with van der Waals surface area (Å²) < 4.78 is 5.70. The molecule has 0 saturated heterocycles. The Labute approximate surface area is 187 Å². The predicted molar refractivity (Wildman–Crippen MR) is 117 cm³/mol. The zero-order chi connectivity index (χ0) is 22.4. The number of carbonyl (C=O) groups excluding carboxylic acids is 1. The zero-order valence-electron chi connectivity index (χ0n) is 17.6. The number of aromatic nitrogens is 7. The Balaban J connectivity index is 1.39. The lowest BCUT2D eigenvalue weighted by molar-refractivity contribution is 0.0643. The number of para-hydroxylation sites is 1. The highest BCUT2D eigenvalue weighted by Crippen LogP contribution is 2.33. The van der Waals surface area contributed by atoms with Crippen molar-refractivity contribution in [1.82, 2.24) is 40.0 Å². The van der Waals surface area contributed by atoms with Crippen LogP contribution in [-0.4, -0.2) is 52.5 Å². The molecule has 0 aliphatic carbocycles. The summed E-state index contributed by atoms with van der Waals surface area (Å²) in [5.41, 5.74) is 3.98. The fraction of sp³-hybridized carbons (Fsp3) is 0.174. The van der Waals surface area contributed by atoms with Gasteiger partial charge in [0.25, 0.3) is 5.89 Å². The maximum absolute atomic E-state index is 13.5. The van der Waals surface area contributed by atoms with Gasteiger partial charge in [0.1, 0.15) is 11.7 Å². The second-order valence-corrected chi connectivity index (χ2v) is 7.84. The molecule has 0 radical (unpaired) electrons. The van der Waals surface area contributed by atoms with E-state index in [9.17, 15) is 4.79 Å². The van der Waals surface area contributed by atoms with Crippen LogP contribution in [-0.2, 0) is 6.42 Å². The molecule has 162 valence electrons. The summed E-state index contributed by atoms with van der Waals surface area (Å²) in [6.07, 6.45) is 5.71. The molecule has 1 atom stereocenters. The normalized spacial score (nSPS) is 15.5. The third-order valence-corrected chi connectivity index (χ3v) is 5.68. The van der Waals surface area contributed by atoms with Crippen molar-refractivity contribution in [2.24, 2.45) is 0 Å². The van der Waals surface area contributed by atoms with Gasteiger partial charge in [0.05, 0.1) is 17.5 Å². The zero-order valence-corrected chi connectivity index (χ0v) is 17.6. The van der Waals surface area contributed by atoms with E-state index in [4.69, 9.17) is 9.40 Å². The van der Waals surface area contributed by atoms with Gasteiger partial charge in [0.2, 0.25) is 0 Å². The van der Waals surface area contributed by atoms with Crippen molar-refractivity contribution in [3.63, 3.8) is 0 Å². The van der Waals surface area contributed by atoms with E-state index >= 15 is 0 Å². The van der Waals surface area contributed by atoms with Gasteiger partial charge in [-0.15, -0.1) is 10.2 Å². The first-order chi connectivity index (χ1) is 16.2. The van der Waals surface area contributed by atoms with Crippen molar-refractivity contribution in [3.8, 4) is 11.6 Å². The summed E-state index contributed by atoms with van der Waals surface area (Å²) in [6, 6.07) is 10.8. The van der Waals surface area contributed by atoms with Crippen molar-refractivity contribution in [2.75, 3.05) is 6.54 Å². The molecule has 0 bridgehead atoms. The van der Waals surface area contributed by atoms with Crippen LogP contribution in [0.4, 0.5) is 0 Å². The van der Waals surface area contributed by atoms with Gasteiger partial charge in [-0.05, 0) is 24.6 Å². The first kappa shape index (κ1) is 19.2. The van der Waals surface area contributed by atoms with E-state index in [1.165, 1.54) is 0 Å². The van der Waals surface area contributed by atoms with E-state index < -0.39 is 11.9 Å². The largest absolute Gasteiger partial charge is 0.411 e. The van der Waals surface area contributed by atoms with Crippen molar-refractivity contribution >= 4 is 16.8 Å². The van der Waals surface area contributed by atoms with Crippen molar-refractivity contribution in [2.45, 2.75) is 19.4 Å². The molecule has 5 heterocycles. The first-order valence-corrected chi connectivity index (χ1v) is 10.5. The van der Waals surface area contributed by atoms with Gasteiger partial charge in [-0.1, -0.05) is 24.3 Å². The molecule has 0 saturated carbocycles. The number of aryl methyl sites for hydroxylation is 1. The van der Waals surface area contributed by atoms with Crippen molar-refractivity contribution in [1.29, 1.82) is 0 Å². The van der Waals surface area contributed by atoms with Crippen molar-refractivity contribution in [3.05, 3.63) is 83.8 Å². The molecule has 10 nitrogen and oxygen atoms in total. The molecule has 0 fully saturated rings. The Morgan fingerprint density at radius 1 is 1.09 bits per heavy atom. The molecular formula is C23H18N8O2. The van der Waals surface area contributed by atoms with Crippen LogP contribution in [0.15, 0.2) is 59.5 Å². The van der Waals surface area contributed by atoms with Crippen LogP contribution < -0.4 is 0 Å². The minimum Gasteiger partial charge on any atom is -0.411 e. The van der Waals surface area contributed by atoms with Crippen LogP contribution in [0.2, 0.25) is 0 Å². The van der Waals surface area contributed by atoms with Crippen LogP contribution in [0.5, 0.6) is 0 Å².